The van der Waals surface area contributed by atoms with Crippen molar-refractivity contribution >= 4 is 0 Å². The molecule has 0 N–H and O–H groups in total. The number of pyridine rings is 3. The first-order valence-corrected chi connectivity index (χ1v) is 23.8. The molecule has 0 fully saturated rings. The van der Waals surface area contributed by atoms with Crippen molar-refractivity contribution in [2.45, 2.75) is 34.6 Å². The lowest BCUT2D eigenvalue weighted by atomic mass is 10.1. The van der Waals surface area contributed by atoms with Crippen LogP contribution in [0, 0.1) is 34.6 Å². The first-order valence-electron chi connectivity index (χ1n) is 23.8. The standard InChI is InChI=1S/2C18H15N.C16H13N3.C13H13N/c1-14-12-17(15-8-4-2-5-9-15)19-18(13-14)16-10-6-3-7-11-16;1-14-7-5-10-16(13-14)18-12-6-11-17(19-18)15-8-3-2-4-9-15;1-12-17-15(13-8-4-2-5-9-13)19-16(18-12)14-10-6-3-7-11-14;1-10-5-3-7-12(9-10)13-8-4-6-11(2)14-13/h2*2-13H,1H3;2-11H,1H3;3-9H,1-2H3. The van der Waals surface area contributed by atoms with Crippen LogP contribution in [0.5, 0.6) is 0 Å². The van der Waals surface area contributed by atoms with E-state index in [1.165, 1.54) is 22.3 Å². The van der Waals surface area contributed by atoms with Crippen LogP contribution < -0.4 is 0 Å². The van der Waals surface area contributed by atoms with Crippen LogP contribution >= 0.6 is 0 Å². The average molecular weight is 921 g/mol. The molecule has 11 rings (SSSR count). The van der Waals surface area contributed by atoms with Gasteiger partial charge in [-0.05, 0) is 88.7 Å². The van der Waals surface area contributed by atoms with Crippen molar-refractivity contribution in [2.24, 2.45) is 0 Å². The van der Waals surface area contributed by atoms with Crippen molar-refractivity contribution in [1.82, 2.24) is 29.9 Å². The number of aromatic nitrogens is 6. The minimum atomic E-state index is 0.715. The Balaban J connectivity index is 0.000000128. The van der Waals surface area contributed by atoms with E-state index in [1.807, 2.05) is 147 Å². The summed E-state index contributed by atoms with van der Waals surface area (Å²) in [6.07, 6.45) is 0. The first-order chi connectivity index (χ1) is 34.7. The van der Waals surface area contributed by atoms with Crippen molar-refractivity contribution in [2.75, 3.05) is 0 Å². The SMILES string of the molecule is Cc1cc(-c2ccccc2)nc(-c2ccccc2)c1.Cc1cccc(-c2cccc(-c3ccccc3)n2)c1.Cc1cccc(-c2cccc(C)n2)c1.Cc1nc(-c2ccccc2)nc(-c2ccccc2)n1. The van der Waals surface area contributed by atoms with Crippen LogP contribution in [0.1, 0.15) is 28.2 Å². The van der Waals surface area contributed by atoms with Gasteiger partial charge in [-0.2, -0.15) is 0 Å². The normalized spacial score (nSPS) is 10.3. The summed E-state index contributed by atoms with van der Waals surface area (Å²) in [5.41, 5.74) is 17.8. The van der Waals surface area contributed by atoms with Crippen LogP contribution in [-0.2, 0) is 0 Å². The smallest absolute Gasteiger partial charge is 0.163 e. The molecule has 0 unspecified atom stereocenters. The molecule has 6 nitrogen and oxygen atoms in total. The predicted molar refractivity (Wildman–Crippen MR) is 294 cm³/mol. The molecule has 71 heavy (non-hydrogen) atoms. The van der Waals surface area contributed by atoms with Gasteiger partial charge in [0.05, 0.1) is 28.5 Å². The highest BCUT2D eigenvalue weighted by molar-refractivity contribution is 5.68. The molecule has 346 valence electrons. The van der Waals surface area contributed by atoms with Gasteiger partial charge >= 0.3 is 0 Å². The van der Waals surface area contributed by atoms with Gasteiger partial charge in [0.25, 0.3) is 0 Å². The molecule has 0 atom stereocenters. The van der Waals surface area contributed by atoms with Crippen molar-refractivity contribution in [3.63, 3.8) is 0 Å². The van der Waals surface area contributed by atoms with E-state index in [-0.39, 0.29) is 0 Å². The molecule has 4 aromatic heterocycles. The van der Waals surface area contributed by atoms with Gasteiger partial charge < -0.3 is 0 Å². The molecular formula is C65H56N6. The van der Waals surface area contributed by atoms with Crippen molar-refractivity contribution in [1.29, 1.82) is 0 Å². The maximum Gasteiger partial charge on any atom is 0.163 e. The van der Waals surface area contributed by atoms with Gasteiger partial charge in [-0.3, -0.25) is 4.98 Å². The second-order valence-corrected chi connectivity index (χ2v) is 17.1. The van der Waals surface area contributed by atoms with Crippen LogP contribution in [0.25, 0.3) is 79.1 Å². The number of hydrogen-bond acceptors (Lipinski definition) is 6. The van der Waals surface area contributed by atoms with E-state index < -0.39 is 0 Å². The Kier molecular flexibility index (Phi) is 16.6. The summed E-state index contributed by atoms with van der Waals surface area (Å²) in [7, 11) is 0. The summed E-state index contributed by atoms with van der Waals surface area (Å²) < 4.78 is 0. The Morgan fingerprint density at radius 3 is 0.944 bits per heavy atom. The van der Waals surface area contributed by atoms with E-state index in [0.717, 1.165) is 73.4 Å². The van der Waals surface area contributed by atoms with Crippen LogP contribution in [0.4, 0.5) is 0 Å². The van der Waals surface area contributed by atoms with Crippen LogP contribution in [0.15, 0.2) is 249 Å². The summed E-state index contributed by atoms with van der Waals surface area (Å²) in [6, 6.07) is 84.1. The quantitative estimate of drug-likeness (QED) is 0.158. The minimum absolute atomic E-state index is 0.715. The summed E-state index contributed by atoms with van der Waals surface area (Å²) in [5.74, 6) is 2.16. The van der Waals surface area contributed by atoms with E-state index >= 15 is 0 Å². The lowest BCUT2D eigenvalue weighted by molar-refractivity contribution is 0.992. The largest absolute Gasteiger partial charge is 0.253 e. The Hall–Kier alpha value is -9.00. The number of benzene rings is 7. The third-order valence-corrected chi connectivity index (χ3v) is 11.3. The zero-order valence-electron chi connectivity index (χ0n) is 40.9. The fourth-order valence-corrected chi connectivity index (χ4v) is 7.77. The lowest BCUT2D eigenvalue weighted by Crippen LogP contribution is -1.99. The number of hydrogen-bond donors (Lipinski definition) is 0. The molecule has 0 saturated carbocycles. The molecule has 0 radical (unpaired) electrons. The maximum atomic E-state index is 4.77. The van der Waals surface area contributed by atoms with Crippen LogP contribution in [0.3, 0.4) is 0 Å². The molecule has 11 aromatic rings. The van der Waals surface area contributed by atoms with E-state index in [2.05, 4.69) is 156 Å². The van der Waals surface area contributed by atoms with E-state index in [0.29, 0.717) is 11.6 Å². The lowest BCUT2D eigenvalue weighted by Gasteiger charge is -2.07. The van der Waals surface area contributed by atoms with E-state index in [1.54, 1.807) is 0 Å². The number of rotatable bonds is 7. The molecule has 7 aromatic carbocycles. The van der Waals surface area contributed by atoms with Gasteiger partial charge in [-0.1, -0.05) is 211 Å². The zero-order valence-corrected chi connectivity index (χ0v) is 40.9. The first kappa shape index (κ1) is 48.5. The fourth-order valence-electron chi connectivity index (χ4n) is 7.77. The fraction of sp³-hybridized carbons (Fsp3) is 0.0769. The highest BCUT2D eigenvalue weighted by Gasteiger charge is 2.09. The average Bonchev–Trinajstić information content (AvgIpc) is 3.42. The van der Waals surface area contributed by atoms with Gasteiger partial charge in [0, 0.05) is 44.6 Å². The van der Waals surface area contributed by atoms with E-state index in [4.69, 9.17) is 9.97 Å². The van der Waals surface area contributed by atoms with Crippen molar-refractivity contribution in [3.8, 4) is 79.1 Å². The molecule has 0 amide bonds. The topological polar surface area (TPSA) is 77.3 Å². The van der Waals surface area contributed by atoms with Gasteiger partial charge in [-0.25, -0.2) is 24.9 Å². The third-order valence-electron chi connectivity index (χ3n) is 11.3. The van der Waals surface area contributed by atoms with Crippen LogP contribution in [0.2, 0.25) is 0 Å². The maximum absolute atomic E-state index is 4.77. The summed E-state index contributed by atoms with van der Waals surface area (Å²) in [5, 5.41) is 0. The number of nitrogens with zero attached hydrogens (tertiary/aromatic N) is 6. The molecule has 6 heteroatoms. The molecule has 0 bridgehead atoms. The molecule has 4 heterocycles. The molecule has 0 aliphatic carbocycles. The van der Waals surface area contributed by atoms with Crippen LogP contribution in [-0.4, -0.2) is 29.9 Å². The Labute approximate surface area is 418 Å². The highest BCUT2D eigenvalue weighted by Crippen LogP contribution is 2.26. The van der Waals surface area contributed by atoms with E-state index in [9.17, 15) is 0 Å². The Bertz CT molecular complexity index is 3120. The summed E-state index contributed by atoms with van der Waals surface area (Å²) in [6.45, 7) is 10.2. The Morgan fingerprint density at radius 1 is 0.211 bits per heavy atom. The second kappa shape index (κ2) is 24.3. The highest BCUT2D eigenvalue weighted by atomic mass is 15.0. The molecule has 0 saturated heterocycles. The second-order valence-electron chi connectivity index (χ2n) is 17.1. The minimum Gasteiger partial charge on any atom is -0.253 e. The summed E-state index contributed by atoms with van der Waals surface area (Å²) in [4.78, 5) is 27.4. The monoisotopic (exact) mass is 920 g/mol. The van der Waals surface area contributed by atoms with Gasteiger partial charge in [-0.15, -0.1) is 0 Å². The zero-order chi connectivity index (χ0) is 49.2. The Morgan fingerprint density at radius 2 is 0.535 bits per heavy atom. The number of aryl methyl sites for hydroxylation is 5. The predicted octanol–water partition coefficient (Wildman–Crippen LogP) is 16.3. The third kappa shape index (κ3) is 14.0. The van der Waals surface area contributed by atoms with Gasteiger partial charge in [0.1, 0.15) is 5.82 Å². The molecule has 0 spiro atoms. The van der Waals surface area contributed by atoms with Gasteiger partial charge in [0.15, 0.2) is 11.6 Å². The van der Waals surface area contributed by atoms with Gasteiger partial charge in [0.2, 0.25) is 0 Å². The molecule has 0 aliphatic heterocycles. The molecular weight excluding hydrogens is 865 g/mol. The van der Waals surface area contributed by atoms with Crippen molar-refractivity contribution in [3.05, 3.63) is 277 Å². The molecule has 0 aliphatic rings. The summed E-state index contributed by atoms with van der Waals surface area (Å²) >= 11 is 0. The van der Waals surface area contributed by atoms with Crippen molar-refractivity contribution < 1.29 is 0 Å².